The van der Waals surface area contributed by atoms with E-state index in [-0.39, 0.29) is 10.0 Å². The molecule has 1 atom stereocenters. The molecule has 0 saturated carbocycles. The largest absolute Gasteiger partial charge is 0.455 e. The number of rotatable bonds is 2. The lowest BCUT2D eigenvalue weighted by Crippen LogP contribution is -2.40. The Bertz CT molecular complexity index is 418. The monoisotopic (exact) mass is 400 g/mol. The van der Waals surface area contributed by atoms with Gasteiger partial charge in [-0.1, -0.05) is 31.9 Å². The van der Waals surface area contributed by atoms with Crippen molar-refractivity contribution in [1.82, 2.24) is 0 Å². The third-order valence-electron chi connectivity index (χ3n) is 1.93. The smallest absolute Gasteiger partial charge is 0.194 e. The van der Waals surface area contributed by atoms with Crippen molar-refractivity contribution in [3.63, 3.8) is 0 Å². The maximum absolute atomic E-state index is 13.0. The molecule has 0 amide bonds. The van der Waals surface area contributed by atoms with Gasteiger partial charge in [0.05, 0.1) is 0 Å². The first kappa shape index (κ1) is 15.2. The third-order valence-corrected chi connectivity index (χ3v) is 3.65. The predicted molar refractivity (Wildman–Crippen MR) is 61.4 cm³/mol. The molecule has 0 nitrogen and oxygen atoms in total. The summed E-state index contributed by atoms with van der Waals surface area (Å²) in [6.07, 6.45) is -5.69. The van der Waals surface area contributed by atoms with Gasteiger partial charge in [0.15, 0.2) is 0 Å². The first-order valence-corrected chi connectivity index (χ1v) is 6.13. The first-order chi connectivity index (χ1) is 7.57. The number of alkyl halides is 6. The highest BCUT2D eigenvalue weighted by Crippen LogP contribution is 2.49. The van der Waals surface area contributed by atoms with Crippen LogP contribution in [0.5, 0.6) is 0 Å². The highest BCUT2D eigenvalue weighted by molar-refractivity contribution is 9.11. The van der Waals surface area contributed by atoms with E-state index in [1.54, 1.807) is 0 Å². The fraction of sp³-hybridized carbons (Fsp3) is 0.333. The van der Waals surface area contributed by atoms with E-state index in [9.17, 15) is 22.0 Å². The lowest BCUT2D eigenvalue weighted by molar-refractivity contribution is -0.283. The van der Waals surface area contributed by atoms with Gasteiger partial charge in [0.25, 0.3) is 0 Å². The van der Waals surface area contributed by atoms with Crippen LogP contribution < -0.4 is 0 Å². The van der Waals surface area contributed by atoms with Crippen LogP contribution in [0.25, 0.3) is 0 Å². The molecule has 1 aromatic rings. The highest BCUT2D eigenvalue weighted by Gasteiger charge is 2.62. The summed E-state index contributed by atoms with van der Waals surface area (Å²) in [5.41, 5.74) is -0.330. The quantitative estimate of drug-likeness (QED) is 0.441. The molecule has 1 unspecified atom stereocenters. The number of halogens is 8. The average Bonchev–Trinajstić information content (AvgIpc) is 2.19. The standard InChI is InChI=1S/C9H4Br2ClF5/c10-4-1-2-6(11)5(3-4)7(12)8(13,14)9(15,16)17/h1-3,7H. The molecule has 0 heterocycles. The minimum Gasteiger partial charge on any atom is -0.194 e. The molecule has 1 rings (SSSR count). The fourth-order valence-electron chi connectivity index (χ4n) is 1.05. The molecule has 0 bridgehead atoms. The summed E-state index contributed by atoms with van der Waals surface area (Å²) < 4.78 is 62.9. The van der Waals surface area contributed by atoms with Crippen molar-refractivity contribution in [3.05, 3.63) is 32.7 Å². The molecule has 0 aliphatic rings. The van der Waals surface area contributed by atoms with Crippen LogP contribution in [0.3, 0.4) is 0 Å². The maximum atomic E-state index is 13.0. The zero-order valence-corrected chi connectivity index (χ0v) is 11.8. The number of hydrogen-bond acceptors (Lipinski definition) is 0. The Morgan fingerprint density at radius 2 is 1.59 bits per heavy atom. The van der Waals surface area contributed by atoms with Crippen LogP contribution >= 0.6 is 43.5 Å². The molecule has 0 aliphatic heterocycles. The molecular formula is C9H4Br2ClF5. The van der Waals surface area contributed by atoms with E-state index in [2.05, 4.69) is 31.9 Å². The molecule has 0 N–H and O–H groups in total. The van der Waals surface area contributed by atoms with Crippen LogP contribution in [-0.4, -0.2) is 12.1 Å². The van der Waals surface area contributed by atoms with Crippen molar-refractivity contribution < 1.29 is 22.0 Å². The molecule has 0 saturated heterocycles. The third kappa shape index (κ3) is 3.12. The number of hydrogen-bond donors (Lipinski definition) is 0. The van der Waals surface area contributed by atoms with Gasteiger partial charge in [-0.2, -0.15) is 22.0 Å². The lowest BCUT2D eigenvalue weighted by Gasteiger charge is -2.25. The van der Waals surface area contributed by atoms with Gasteiger partial charge < -0.3 is 0 Å². The molecule has 0 aliphatic carbocycles. The zero-order chi connectivity index (χ0) is 13.4. The van der Waals surface area contributed by atoms with Gasteiger partial charge >= 0.3 is 12.1 Å². The van der Waals surface area contributed by atoms with Crippen LogP contribution in [0, 0.1) is 0 Å². The Balaban J connectivity index is 3.21. The molecule has 8 heteroatoms. The average molecular weight is 402 g/mol. The minimum atomic E-state index is -5.69. The molecule has 0 spiro atoms. The number of benzene rings is 1. The predicted octanol–water partition coefficient (Wildman–Crippen LogP) is 5.69. The van der Waals surface area contributed by atoms with Gasteiger partial charge in [-0.15, -0.1) is 11.6 Å². The van der Waals surface area contributed by atoms with E-state index < -0.39 is 17.5 Å². The summed E-state index contributed by atoms with van der Waals surface area (Å²) in [7, 11) is 0. The van der Waals surface area contributed by atoms with E-state index in [4.69, 9.17) is 11.6 Å². The van der Waals surface area contributed by atoms with Crippen LogP contribution in [0.4, 0.5) is 22.0 Å². The molecule has 17 heavy (non-hydrogen) atoms. The summed E-state index contributed by atoms with van der Waals surface area (Å²) in [6.45, 7) is 0. The van der Waals surface area contributed by atoms with Gasteiger partial charge in [0.2, 0.25) is 0 Å². The van der Waals surface area contributed by atoms with E-state index in [0.29, 0.717) is 4.47 Å². The second-order valence-electron chi connectivity index (χ2n) is 3.15. The molecule has 0 aromatic heterocycles. The van der Waals surface area contributed by atoms with E-state index >= 15 is 0 Å². The Kier molecular flexibility index (Phi) is 4.47. The zero-order valence-electron chi connectivity index (χ0n) is 7.83. The minimum absolute atomic E-state index is 0.0876. The van der Waals surface area contributed by atoms with E-state index in [1.807, 2.05) is 0 Å². The second kappa shape index (κ2) is 5.01. The van der Waals surface area contributed by atoms with Crippen LogP contribution in [0.15, 0.2) is 27.1 Å². The first-order valence-electron chi connectivity index (χ1n) is 4.11. The van der Waals surface area contributed by atoms with Crippen LogP contribution in [-0.2, 0) is 0 Å². The van der Waals surface area contributed by atoms with Gasteiger partial charge in [-0.05, 0) is 23.8 Å². The van der Waals surface area contributed by atoms with E-state index in [0.717, 1.165) is 6.07 Å². The Hall–Kier alpha value is 0.120. The molecule has 1 aromatic carbocycles. The van der Waals surface area contributed by atoms with Gasteiger partial charge in [-0.25, -0.2) is 0 Å². The maximum Gasteiger partial charge on any atom is 0.455 e. The SMILES string of the molecule is FC(F)(F)C(F)(F)C(Cl)c1cc(Br)ccc1Br. The van der Waals surface area contributed by atoms with Gasteiger partial charge in [0, 0.05) is 8.95 Å². The topological polar surface area (TPSA) is 0 Å². The normalized spacial score (nSPS) is 14.8. The van der Waals surface area contributed by atoms with Crippen molar-refractivity contribution in [2.24, 2.45) is 0 Å². The van der Waals surface area contributed by atoms with Crippen LogP contribution in [0.1, 0.15) is 10.9 Å². The second-order valence-corrected chi connectivity index (χ2v) is 5.36. The van der Waals surface area contributed by atoms with Gasteiger partial charge in [0.1, 0.15) is 5.38 Å². The van der Waals surface area contributed by atoms with Crippen LogP contribution in [0.2, 0.25) is 0 Å². The Morgan fingerprint density at radius 3 is 2.06 bits per heavy atom. The van der Waals surface area contributed by atoms with Crippen molar-refractivity contribution >= 4 is 43.5 Å². The van der Waals surface area contributed by atoms with Crippen molar-refractivity contribution in [3.8, 4) is 0 Å². The lowest BCUT2D eigenvalue weighted by atomic mass is 10.1. The van der Waals surface area contributed by atoms with Gasteiger partial charge in [-0.3, -0.25) is 0 Å². The van der Waals surface area contributed by atoms with E-state index in [1.165, 1.54) is 12.1 Å². The molecular weight excluding hydrogens is 398 g/mol. The summed E-state index contributed by atoms with van der Waals surface area (Å²) in [6, 6.07) is 3.94. The Labute approximate surface area is 115 Å². The van der Waals surface area contributed by atoms with Crippen molar-refractivity contribution in [2.45, 2.75) is 17.5 Å². The Morgan fingerprint density at radius 1 is 1.06 bits per heavy atom. The fourth-order valence-corrected chi connectivity index (χ4v) is 2.34. The van der Waals surface area contributed by atoms with Crippen molar-refractivity contribution in [2.75, 3.05) is 0 Å². The summed E-state index contributed by atoms with van der Waals surface area (Å²) >= 11 is 11.1. The highest BCUT2D eigenvalue weighted by atomic mass is 79.9. The molecule has 96 valence electrons. The van der Waals surface area contributed by atoms with Crippen molar-refractivity contribution in [1.29, 1.82) is 0 Å². The molecule has 0 fully saturated rings. The summed E-state index contributed by atoms with van der Waals surface area (Å²) in [5, 5.41) is -2.49. The summed E-state index contributed by atoms with van der Waals surface area (Å²) in [5.74, 6) is -5.00. The summed E-state index contributed by atoms with van der Waals surface area (Å²) in [4.78, 5) is 0. The molecule has 0 radical (unpaired) electrons.